The molecule has 0 spiro atoms. The molecule has 0 radical (unpaired) electrons. The maximum Gasteiger partial charge on any atom is 0.254 e. The van der Waals surface area contributed by atoms with E-state index in [2.05, 4.69) is 15.6 Å². The van der Waals surface area contributed by atoms with Gasteiger partial charge in [-0.15, -0.1) is 11.3 Å². The van der Waals surface area contributed by atoms with Crippen molar-refractivity contribution in [2.75, 3.05) is 38.7 Å². The predicted molar refractivity (Wildman–Crippen MR) is 132 cm³/mol. The molecule has 8 nitrogen and oxygen atoms in total. The molecular weight excluding hydrogens is 452 g/mol. The summed E-state index contributed by atoms with van der Waals surface area (Å²) in [6.45, 7) is 1.01. The fraction of sp³-hybridized carbons (Fsp3) is 0.280. The highest BCUT2D eigenvalue weighted by Crippen LogP contribution is 2.16. The molecule has 0 saturated heterocycles. The number of hydrogen-bond acceptors (Lipinski definition) is 6. The van der Waals surface area contributed by atoms with Crippen LogP contribution in [0, 0.1) is 0 Å². The van der Waals surface area contributed by atoms with E-state index >= 15 is 0 Å². The van der Waals surface area contributed by atoms with Crippen molar-refractivity contribution in [2.24, 2.45) is 0 Å². The van der Waals surface area contributed by atoms with Crippen LogP contribution in [0.5, 0.6) is 0 Å². The van der Waals surface area contributed by atoms with Crippen LogP contribution in [-0.4, -0.2) is 61.0 Å². The fourth-order valence-corrected chi connectivity index (χ4v) is 3.94. The van der Waals surface area contributed by atoms with Gasteiger partial charge in [0.25, 0.3) is 5.91 Å². The third kappa shape index (κ3) is 8.09. The van der Waals surface area contributed by atoms with Gasteiger partial charge in [0, 0.05) is 31.1 Å². The van der Waals surface area contributed by atoms with E-state index in [0.717, 1.165) is 12.0 Å². The van der Waals surface area contributed by atoms with E-state index in [-0.39, 0.29) is 37.2 Å². The summed E-state index contributed by atoms with van der Waals surface area (Å²) >= 11 is 1.24. The van der Waals surface area contributed by atoms with Crippen molar-refractivity contribution in [2.45, 2.75) is 12.8 Å². The zero-order chi connectivity index (χ0) is 24.2. The van der Waals surface area contributed by atoms with Crippen LogP contribution in [0.25, 0.3) is 0 Å². The number of nitrogens with one attached hydrogen (secondary N) is 2. The zero-order valence-corrected chi connectivity index (χ0v) is 19.8. The number of aromatic nitrogens is 1. The number of carbonyl (C=O) groups excluding carboxylic acids is 3. The van der Waals surface area contributed by atoms with Gasteiger partial charge in [-0.1, -0.05) is 48.5 Å². The summed E-state index contributed by atoms with van der Waals surface area (Å²) in [4.78, 5) is 43.3. The summed E-state index contributed by atoms with van der Waals surface area (Å²) in [7, 11) is 1.54. The summed E-state index contributed by atoms with van der Waals surface area (Å²) < 4.78 is 5.08. The fourth-order valence-electron chi connectivity index (χ4n) is 3.21. The Hall–Kier alpha value is -3.56. The molecule has 0 aliphatic heterocycles. The second kappa shape index (κ2) is 13.2. The molecule has 0 atom stereocenters. The van der Waals surface area contributed by atoms with Gasteiger partial charge in [-0.2, -0.15) is 0 Å². The van der Waals surface area contributed by atoms with Gasteiger partial charge in [0.05, 0.1) is 18.7 Å². The van der Waals surface area contributed by atoms with E-state index < -0.39 is 0 Å². The number of rotatable bonds is 12. The van der Waals surface area contributed by atoms with Crippen molar-refractivity contribution in [3.63, 3.8) is 0 Å². The smallest absolute Gasteiger partial charge is 0.254 e. The molecule has 0 fully saturated rings. The molecule has 1 heterocycles. The molecule has 1 aromatic heterocycles. The number of anilines is 1. The molecule has 34 heavy (non-hydrogen) atoms. The van der Waals surface area contributed by atoms with Crippen LogP contribution >= 0.6 is 11.3 Å². The van der Waals surface area contributed by atoms with E-state index in [1.54, 1.807) is 36.8 Å². The van der Waals surface area contributed by atoms with Gasteiger partial charge in [0.1, 0.15) is 6.54 Å². The first kappa shape index (κ1) is 25.1. The Labute approximate surface area is 203 Å². The van der Waals surface area contributed by atoms with E-state index in [9.17, 15) is 14.4 Å². The third-order valence-electron chi connectivity index (χ3n) is 4.93. The minimum atomic E-state index is -0.367. The summed E-state index contributed by atoms with van der Waals surface area (Å²) in [5, 5.41) is 7.73. The Morgan fingerprint density at radius 1 is 1.00 bits per heavy atom. The molecule has 9 heteroatoms. The number of methoxy groups -OCH3 is 1. The van der Waals surface area contributed by atoms with E-state index in [0.29, 0.717) is 29.5 Å². The van der Waals surface area contributed by atoms with Crippen molar-refractivity contribution >= 4 is 34.2 Å². The first-order valence-electron chi connectivity index (χ1n) is 10.9. The quantitative estimate of drug-likeness (QED) is 0.415. The third-order valence-corrected chi connectivity index (χ3v) is 5.73. The highest BCUT2D eigenvalue weighted by molar-refractivity contribution is 7.13. The largest absolute Gasteiger partial charge is 0.383 e. The lowest BCUT2D eigenvalue weighted by Gasteiger charge is -2.21. The summed E-state index contributed by atoms with van der Waals surface area (Å²) in [6.07, 6.45) is 0.889. The van der Waals surface area contributed by atoms with E-state index in [1.165, 1.54) is 16.2 Å². The number of carbonyl (C=O) groups is 3. The van der Waals surface area contributed by atoms with Crippen molar-refractivity contribution in [1.82, 2.24) is 15.2 Å². The molecule has 0 saturated carbocycles. The topological polar surface area (TPSA) is 101 Å². The monoisotopic (exact) mass is 480 g/mol. The molecule has 3 amide bonds. The van der Waals surface area contributed by atoms with Crippen LogP contribution in [0.1, 0.15) is 21.6 Å². The molecule has 3 aromatic rings. The first-order valence-corrected chi connectivity index (χ1v) is 11.8. The maximum atomic E-state index is 12.8. The first-order chi connectivity index (χ1) is 16.5. The minimum absolute atomic E-state index is 0.127. The highest BCUT2D eigenvalue weighted by atomic mass is 32.1. The lowest BCUT2D eigenvalue weighted by Crippen LogP contribution is -2.40. The molecular formula is C25H28N4O4S. The number of ether oxygens (including phenoxy) is 1. The molecule has 3 rings (SSSR count). The molecule has 0 aliphatic rings. The van der Waals surface area contributed by atoms with Gasteiger partial charge in [-0.25, -0.2) is 4.98 Å². The Balaban J connectivity index is 1.48. The van der Waals surface area contributed by atoms with Crippen LogP contribution in [0.3, 0.4) is 0 Å². The average molecular weight is 481 g/mol. The summed E-state index contributed by atoms with van der Waals surface area (Å²) in [5.41, 5.74) is 2.24. The second-order valence-electron chi connectivity index (χ2n) is 7.54. The minimum Gasteiger partial charge on any atom is -0.383 e. The van der Waals surface area contributed by atoms with Gasteiger partial charge in [-0.3, -0.25) is 14.4 Å². The van der Waals surface area contributed by atoms with Gasteiger partial charge in [0.2, 0.25) is 11.8 Å². The SMILES string of the molecule is COCCN(CC(=O)Nc1nc(CC(=O)NCCc2ccccc2)cs1)C(=O)c1ccccc1. The molecule has 0 aliphatic carbocycles. The number of hydrogen-bond donors (Lipinski definition) is 2. The van der Waals surface area contributed by atoms with Crippen LogP contribution in [0.4, 0.5) is 5.13 Å². The van der Waals surface area contributed by atoms with Crippen LogP contribution < -0.4 is 10.6 Å². The van der Waals surface area contributed by atoms with Crippen molar-refractivity contribution in [3.05, 3.63) is 82.9 Å². The van der Waals surface area contributed by atoms with Gasteiger partial charge in [-0.05, 0) is 24.1 Å². The van der Waals surface area contributed by atoms with Crippen LogP contribution in [-0.2, 0) is 27.2 Å². The highest BCUT2D eigenvalue weighted by Gasteiger charge is 2.19. The van der Waals surface area contributed by atoms with Gasteiger partial charge < -0.3 is 20.3 Å². The summed E-state index contributed by atoms with van der Waals surface area (Å²) in [6, 6.07) is 18.7. The van der Waals surface area contributed by atoms with Crippen molar-refractivity contribution in [1.29, 1.82) is 0 Å². The molecule has 178 valence electrons. The van der Waals surface area contributed by atoms with Gasteiger partial charge in [0.15, 0.2) is 5.13 Å². The second-order valence-corrected chi connectivity index (χ2v) is 8.40. The Morgan fingerprint density at radius 3 is 2.41 bits per heavy atom. The zero-order valence-electron chi connectivity index (χ0n) is 19.0. The number of amides is 3. The molecule has 2 N–H and O–H groups in total. The Bertz CT molecular complexity index is 1070. The van der Waals surface area contributed by atoms with E-state index in [1.807, 2.05) is 36.4 Å². The van der Waals surface area contributed by atoms with Crippen LogP contribution in [0.15, 0.2) is 66.0 Å². The number of thiazole rings is 1. The van der Waals surface area contributed by atoms with Crippen LogP contribution in [0.2, 0.25) is 0 Å². The average Bonchev–Trinajstić information content (AvgIpc) is 3.28. The molecule has 2 aromatic carbocycles. The number of benzene rings is 2. The normalized spacial score (nSPS) is 10.5. The summed E-state index contributed by atoms with van der Waals surface area (Å²) in [5.74, 6) is -0.744. The van der Waals surface area contributed by atoms with Crippen molar-refractivity contribution < 1.29 is 19.1 Å². The molecule has 0 unspecified atom stereocenters. The Kier molecular flexibility index (Phi) is 9.75. The Morgan fingerprint density at radius 2 is 1.71 bits per heavy atom. The lowest BCUT2D eigenvalue weighted by atomic mass is 10.1. The predicted octanol–water partition coefficient (Wildman–Crippen LogP) is 2.77. The van der Waals surface area contributed by atoms with E-state index in [4.69, 9.17) is 4.74 Å². The van der Waals surface area contributed by atoms with Gasteiger partial charge >= 0.3 is 0 Å². The lowest BCUT2D eigenvalue weighted by molar-refractivity contribution is -0.120. The van der Waals surface area contributed by atoms with Crippen molar-refractivity contribution in [3.8, 4) is 0 Å². The standard InChI is InChI=1S/C25H28N4O4S/c1-33-15-14-29(24(32)20-10-6-3-7-11-20)17-23(31)28-25-27-21(18-34-25)16-22(30)26-13-12-19-8-4-2-5-9-19/h2-11,18H,12-17H2,1H3,(H,26,30)(H,27,28,31). The maximum absolute atomic E-state index is 12.8. The number of nitrogens with zero attached hydrogens (tertiary/aromatic N) is 2. The molecule has 0 bridgehead atoms.